The predicted molar refractivity (Wildman–Crippen MR) is 100 cm³/mol. The minimum Gasteiger partial charge on any atom is -0.299 e. The van der Waals surface area contributed by atoms with Crippen molar-refractivity contribution in [3.05, 3.63) is 113 Å². The smallest absolute Gasteiger partial charge is 0.144 e. The molecule has 0 saturated carbocycles. The van der Waals surface area contributed by atoms with E-state index in [4.69, 9.17) is 11.6 Å². The molecule has 3 aromatic carbocycles. The third-order valence-electron chi connectivity index (χ3n) is 4.00. The Morgan fingerprint density at radius 3 is 1.62 bits per heavy atom. The summed E-state index contributed by atoms with van der Waals surface area (Å²) < 4.78 is 0. The van der Waals surface area contributed by atoms with Crippen LogP contribution in [0.1, 0.15) is 28.2 Å². The van der Waals surface area contributed by atoms with E-state index in [1.54, 1.807) is 0 Å². The largest absolute Gasteiger partial charge is 0.299 e. The molecule has 0 amide bonds. The molecule has 118 valence electrons. The van der Waals surface area contributed by atoms with E-state index in [2.05, 4.69) is 60.7 Å². The number of benzene rings is 3. The molecule has 0 atom stereocenters. The summed E-state index contributed by atoms with van der Waals surface area (Å²) in [4.78, 5) is 10.6. The second-order valence-electron chi connectivity index (χ2n) is 5.53. The molecule has 0 bridgehead atoms. The van der Waals surface area contributed by atoms with Crippen LogP contribution >= 0.6 is 11.6 Å². The maximum atomic E-state index is 10.6. The number of allylic oxidation sites excluding steroid dienone is 1. The molecule has 0 aromatic heterocycles. The summed E-state index contributed by atoms with van der Waals surface area (Å²) in [5.41, 5.74) is 4.51. The van der Waals surface area contributed by atoms with Crippen LogP contribution in [-0.4, -0.2) is 6.29 Å². The van der Waals surface area contributed by atoms with Crippen molar-refractivity contribution >= 4 is 22.9 Å². The van der Waals surface area contributed by atoms with Crippen LogP contribution in [0.25, 0.3) is 5.03 Å². The van der Waals surface area contributed by atoms with Gasteiger partial charge in [0, 0.05) is 5.92 Å². The molecule has 0 fully saturated rings. The van der Waals surface area contributed by atoms with Crippen molar-refractivity contribution < 1.29 is 4.79 Å². The molecule has 0 heterocycles. The van der Waals surface area contributed by atoms with Gasteiger partial charge in [-0.15, -0.1) is 0 Å². The Hall–Kier alpha value is -2.64. The van der Waals surface area contributed by atoms with Crippen molar-refractivity contribution in [2.45, 2.75) is 5.92 Å². The van der Waals surface area contributed by atoms with Gasteiger partial charge in [-0.25, -0.2) is 0 Å². The molecule has 0 aliphatic heterocycles. The number of aldehydes is 1. The predicted octanol–water partition coefficient (Wildman–Crippen LogP) is 5.65. The zero-order chi connectivity index (χ0) is 16.8. The van der Waals surface area contributed by atoms with Crippen LogP contribution in [0.2, 0.25) is 0 Å². The maximum Gasteiger partial charge on any atom is 0.144 e. The summed E-state index contributed by atoms with van der Waals surface area (Å²) in [7, 11) is 0. The van der Waals surface area contributed by atoms with E-state index in [0.717, 1.165) is 5.56 Å². The van der Waals surface area contributed by atoms with Crippen LogP contribution in [0, 0.1) is 0 Å². The van der Waals surface area contributed by atoms with E-state index in [0.29, 0.717) is 11.3 Å². The summed E-state index contributed by atoms with van der Waals surface area (Å²) in [6.45, 7) is 0. The molecule has 0 radical (unpaired) electrons. The van der Waals surface area contributed by atoms with Gasteiger partial charge >= 0.3 is 0 Å². The Morgan fingerprint density at radius 1 is 0.708 bits per heavy atom. The average molecular weight is 333 g/mol. The molecule has 0 N–H and O–H groups in total. The number of halogens is 1. The van der Waals surface area contributed by atoms with E-state index >= 15 is 0 Å². The van der Waals surface area contributed by atoms with Gasteiger partial charge in [0.05, 0.1) is 5.03 Å². The van der Waals surface area contributed by atoms with Gasteiger partial charge in [0.2, 0.25) is 0 Å². The molecule has 0 spiro atoms. The van der Waals surface area contributed by atoms with E-state index < -0.39 is 0 Å². The molecular formula is C22H17ClO. The van der Waals surface area contributed by atoms with Crippen LogP contribution < -0.4 is 0 Å². The summed E-state index contributed by atoms with van der Waals surface area (Å²) in [5.74, 6) is 0.162. The molecule has 0 unspecified atom stereocenters. The van der Waals surface area contributed by atoms with Gasteiger partial charge in [0.25, 0.3) is 0 Å². The monoisotopic (exact) mass is 332 g/mol. The van der Waals surface area contributed by atoms with E-state index in [1.807, 2.05) is 24.3 Å². The highest BCUT2D eigenvalue weighted by Gasteiger charge is 2.16. The highest BCUT2D eigenvalue weighted by Crippen LogP contribution is 2.32. The Balaban J connectivity index is 2.04. The van der Waals surface area contributed by atoms with Crippen LogP contribution in [0.15, 0.2) is 91.0 Å². The molecule has 0 aliphatic carbocycles. The van der Waals surface area contributed by atoms with Crippen LogP contribution in [0.3, 0.4) is 0 Å². The number of carbonyl (C=O) groups is 1. The lowest BCUT2D eigenvalue weighted by Crippen LogP contribution is -2.03. The number of hydrogen-bond acceptors (Lipinski definition) is 1. The van der Waals surface area contributed by atoms with Crippen molar-refractivity contribution in [1.82, 2.24) is 0 Å². The van der Waals surface area contributed by atoms with Gasteiger partial charge in [-0.2, -0.15) is 0 Å². The first-order chi connectivity index (χ1) is 11.8. The SMILES string of the molecule is O=C/C=C(\Cl)c1ccc(C(c2ccccc2)c2ccccc2)cc1. The number of rotatable bonds is 5. The zero-order valence-electron chi connectivity index (χ0n) is 13.1. The fourth-order valence-corrected chi connectivity index (χ4v) is 3.04. The third kappa shape index (κ3) is 3.64. The molecular weight excluding hydrogens is 316 g/mol. The van der Waals surface area contributed by atoms with Crippen molar-refractivity contribution in [1.29, 1.82) is 0 Å². The molecule has 0 aliphatic rings. The minimum absolute atomic E-state index is 0.162. The quantitative estimate of drug-likeness (QED) is 0.335. The van der Waals surface area contributed by atoms with Gasteiger partial charge in [0.15, 0.2) is 0 Å². The first-order valence-electron chi connectivity index (χ1n) is 7.81. The van der Waals surface area contributed by atoms with Crippen LogP contribution in [-0.2, 0) is 4.79 Å². The normalized spacial score (nSPS) is 11.5. The first kappa shape index (κ1) is 16.2. The lowest BCUT2D eigenvalue weighted by atomic mass is 9.85. The van der Waals surface area contributed by atoms with E-state index in [-0.39, 0.29) is 5.92 Å². The summed E-state index contributed by atoms with van der Waals surface area (Å²) in [6.07, 6.45) is 2.06. The van der Waals surface area contributed by atoms with Gasteiger partial charge in [0.1, 0.15) is 6.29 Å². The van der Waals surface area contributed by atoms with Gasteiger partial charge in [-0.05, 0) is 28.3 Å². The molecule has 24 heavy (non-hydrogen) atoms. The van der Waals surface area contributed by atoms with E-state index in [9.17, 15) is 4.79 Å². The van der Waals surface area contributed by atoms with Crippen LogP contribution in [0.4, 0.5) is 0 Å². The van der Waals surface area contributed by atoms with Gasteiger partial charge in [-0.1, -0.05) is 96.5 Å². The Labute approximate surface area is 147 Å². The molecule has 3 aromatic rings. The lowest BCUT2D eigenvalue weighted by molar-refractivity contribution is -0.104. The lowest BCUT2D eigenvalue weighted by Gasteiger charge is -2.19. The molecule has 2 heteroatoms. The standard InChI is InChI=1S/C22H17ClO/c23-21(15-16-24)17-11-13-20(14-12-17)22(18-7-3-1-4-8-18)19-9-5-2-6-10-19/h1-16,22H/b21-15-. The highest BCUT2D eigenvalue weighted by atomic mass is 35.5. The highest BCUT2D eigenvalue weighted by molar-refractivity contribution is 6.49. The Kier molecular flexibility index (Phi) is 5.25. The van der Waals surface area contributed by atoms with Crippen molar-refractivity contribution in [3.8, 4) is 0 Å². The fraction of sp³-hybridized carbons (Fsp3) is 0.0455. The molecule has 3 rings (SSSR count). The van der Waals surface area contributed by atoms with Crippen molar-refractivity contribution in [2.24, 2.45) is 0 Å². The molecule has 1 nitrogen and oxygen atoms in total. The minimum atomic E-state index is 0.162. The van der Waals surface area contributed by atoms with Crippen molar-refractivity contribution in [2.75, 3.05) is 0 Å². The van der Waals surface area contributed by atoms with Crippen molar-refractivity contribution in [3.63, 3.8) is 0 Å². The third-order valence-corrected chi connectivity index (χ3v) is 4.34. The summed E-state index contributed by atoms with van der Waals surface area (Å²) >= 11 is 6.10. The van der Waals surface area contributed by atoms with Gasteiger partial charge < -0.3 is 0 Å². The summed E-state index contributed by atoms with van der Waals surface area (Å²) in [5, 5.41) is 0.451. The Bertz CT molecular complexity index is 781. The zero-order valence-corrected chi connectivity index (χ0v) is 13.9. The maximum absolute atomic E-state index is 10.6. The first-order valence-corrected chi connectivity index (χ1v) is 8.18. The second-order valence-corrected chi connectivity index (χ2v) is 5.93. The van der Waals surface area contributed by atoms with Crippen LogP contribution in [0.5, 0.6) is 0 Å². The molecule has 0 saturated heterocycles. The average Bonchev–Trinajstić information content (AvgIpc) is 2.64. The number of carbonyl (C=O) groups excluding carboxylic acids is 1. The van der Waals surface area contributed by atoms with E-state index in [1.165, 1.54) is 22.8 Å². The van der Waals surface area contributed by atoms with Gasteiger partial charge in [-0.3, -0.25) is 4.79 Å². The number of hydrogen-bond donors (Lipinski definition) is 0. The Morgan fingerprint density at radius 2 is 1.17 bits per heavy atom. The fourth-order valence-electron chi connectivity index (χ4n) is 2.86. The topological polar surface area (TPSA) is 17.1 Å². The summed E-state index contributed by atoms with van der Waals surface area (Å²) in [6, 6.07) is 28.9. The second kappa shape index (κ2) is 7.76.